The van der Waals surface area contributed by atoms with Gasteiger partial charge in [0.15, 0.2) is 0 Å². The van der Waals surface area contributed by atoms with Crippen molar-refractivity contribution in [2.75, 3.05) is 31.7 Å². The first-order valence-electron chi connectivity index (χ1n) is 9.94. The predicted octanol–water partition coefficient (Wildman–Crippen LogP) is 1.39. The minimum atomic E-state index is -0.180. The van der Waals surface area contributed by atoms with Crippen LogP contribution in [0.2, 0.25) is 0 Å². The van der Waals surface area contributed by atoms with Crippen LogP contribution in [0.1, 0.15) is 30.5 Å². The number of amides is 1. The second-order valence-electron chi connectivity index (χ2n) is 7.50. The molecule has 0 spiro atoms. The standard InChI is InChI=1S/C21H28N4O2S/c1-24(2)13-8-14-25-18-12-7-6-11-17(18)20(23-21(25)27)28-15-19(26)22-16-9-4-3-5-10-16/h3-5,9-10H,6-8,11-15H2,1-2H3,(H,22,26)/p+1. The summed E-state index contributed by atoms with van der Waals surface area (Å²) < 4.78 is 1.87. The van der Waals surface area contributed by atoms with Gasteiger partial charge in [-0.2, -0.15) is 4.98 Å². The van der Waals surface area contributed by atoms with Gasteiger partial charge in [0.05, 0.1) is 26.4 Å². The van der Waals surface area contributed by atoms with E-state index in [0.717, 1.165) is 61.6 Å². The molecule has 7 heteroatoms. The van der Waals surface area contributed by atoms with Gasteiger partial charge in [0.2, 0.25) is 5.91 Å². The molecule has 1 heterocycles. The summed E-state index contributed by atoms with van der Waals surface area (Å²) in [4.78, 5) is 30.6. The lowest BCUT2D eigenvalue weighted by molar-refractivity contribution is -0.858. The molecule has 0 unspecified atom stereocenters. The summed E-state index contributed by atoms with van der Waals surface area (Å²) in [5, 5.41) is 3.62. The third-order valence-electron chi connectivity index (χ3n) is 4.91. The highest BCUT2D eigenvalue weighted by molar-refractivity contribution is 8.00. The lowest BCUT2D eigenvalue weighted by atomic mass is 9.97. The van der Waals surface area contributed by atoms with Crippen molar-refractivity contribution in [2.24, 2.45) is 0 Å². The van der Waals surface area contributed by atoms with Gasteiger partial charge >= 0.3 is 5.69 Å². The number of carbonyl (C=O) groups is 1. The molecule has 1 aromatic carbocycles. The lowest BCUT2D eigenvalue weighted by Gasteiger charge is -2.22. The Balaban J connectivity index is 1.71. The van der Waals surface area contributed by atoms with Gasteiger partial charge in [0, 0.05) is 29.9 Å². The van der Waals surface area contributed by atoms with Crippen LogP contribution < -0.4 is 15.9 Å². The number of rotatable bonds is 8. The van der Waals surface area contributed by atoms with Crippen molar-refractivity contribution < 1.29 is 9.69 Å². The van der Waals surface area contributed by atoms with Gasteiger partial charge in [-0.1, -0.05) is 30.0 Å². The van der Waals surface area contributed by atoms with Gasteiger partial charge in [-0.25, -0.2) is 4.79 Å². The number of hydrogen-bond donors (Lipinski definition) is 2. The number of hydrogen-bond acceptors (Lipinski definition) is 4. The molecule has 3 rings (SSSR count). The Kier molecular flexibility index (Phi) is 7.28. The maximum atomic E-state index is 12.7. The molecule has 1 aliphatic rings. The Bertz CT molecular complexity index is 865. The highest BCUT2D eigenvalue weighted by Crippen LogP contribution is 2.28. The Morgan fingerprint density at radius 3 is 2.71 bits per heavy atom. The van der Waals surface area contributed by atoms with Crippen LogP contribution in [0.3, 0.4) is 0 Å². The zero-order chi connectivity index (χ0) is 19.9. The molecule has 1 aliphatic carbocycles. The van der Waals surface area contributed by atoms with E-state index in [1.807, 2.05) is 34.9 Å². The average Bonchev–Trinajstić information content (AvgIpc) is 2.68. The summed E-state index contributed by atoms with van der Waals surface area (Å²) in [5.74, 6) is 0.169. The highest BCUT2D eigenvalue weighted by Gasteiger charge is 2.21. The van der Waals surface area contributed by atoms with E-state index in [4.69, 9.17) is 0 Å². The Hall–Kier alpha value is -2.12. The molecule has 2 N–H and O–H groups in total. The van der Waals surface area contributed by atoms with Crippen LogP contribution in [0.15, 0.2) is 40.2 Å². The quantitative estimate of drug-likeness (QED) is 0.518. The topological polar surface area (TPSA) is 68.4 Å². The summed E-state index contributed by atoms with van der Waals surface area (Å²) in [6, 6.07) is 9.41. The molecule has 0 fully saturated rings. The van der Waals surface area contributed by atoms with Gasteiger partial charge in [-0.3, -0.25) is 9.36 Å². The minimum Gasteiger partial charge on any atom is -0.340 e. The van der Waals surface area contributed by atoms with E-state index in [1.54, 1.807) is 0 Å². The fourth-order valence-electron chi connectivity index (χ4n) is 3.54. The molecule has 0 radical (unpaired) electrons. The molecule has 1 aromatic heterocycles. The molecule has 2 aromatic rings. The number of anilines is 1. The lowest BCUT2D eigenvalue weighted by Crippen LogP contribution is -3.05. The Morgan fingerprint density at radius 2 is 1.96 bits per heavy atom. The van der Waals surface area contributed by atoms with E-state index in [0.29, 0.717) is 0 Å². The molecule has 28 heavy (non-hydrogen) atoms. The molecule has 0 saturated heterocycles. The van der Waals surface area contributed by atoms with Crippen LogP contribution in [-0.4, -0.2) is 41.9 Å². The average molecular weight is 402 g/mol. The fourth-order valence-corrected chi connectivity index (χ4v) is 4.42. The molecule has 6 nitrogen and oxygen atoms in total. The number of nitrogens with one attached hydrogen (secondary N) is 2. The van der Waals surface area contributed by atoms with Crippen LogP contribution in [0.4, 0.5) is 5.69 Å². The first-order chi connectivity index (χ1) is 13.5. The number of nitrogens with zero attached hydrogens (tertiary/aromatic N) is 2. The summed E-state index contributed by atoms with van der Waals surface area (Å²) in [5.41, 5.74) is 2.90. The van der Waals surface area contributed by atoms with Crippen LogP contribution in [-0.2, 0) is 24.2 Å². The molecular weight excluding hydrogens is 372 g/mol. The number of aromatic nitrogens is 2. The van der Waals surface area contributed by atoms with E-state index in [9.17, 15) is 9.59 Å². The third kappa shape index (κ3) is 5.45. The molecule has 1 amide bonds. The monoisotopic (exact) mass is 401 g/mol. The fraction of sp³-hybridized carbons (Fsp3) is 0.476. The number of carbonyl (C=O) groups excluding carboxylic acids is 1. The van der Waals surface area contributed by atoms with Crippen LogP contribution in [0.5, 0.6) is 0 Å². The first kappa shape index (κ1) is 20.6. The number of quaternary nitrogens is 1. The van der Waals surface area contributed by atoms with E-state index in [1.165, 1.54) is 22.2 Å². The number of fused-ring (bicyclic) bond motifs is 1. The van der Waals surface area contributed by atoms with Crippen LogP contribution in [0, 0.1) is 0 Å². The molecule has 0 atom stereocenters. The first-order valence-corrected chi connectivity index (χ1v) is 10.9. The van der Waals surface area contributed by atoms with Crippen molar-refractivity contribution in [3.63, 3.8) is 0 Å². The normalized spacial score (nSPS) is 13.4. The summed E-state index contributed by atoms with van der Waals surface area (Å²) >= 11 is 1.37. The molecule has 0 bridgehead atoms. The molecule has 150 valence electrons. The van der Waals surface area contributed by atoms with Gasteiger partial charge in [-0.15, -0.1) is 0 Å². The minimum absolute atomic E-state index is 0.0827. The van der Waals surface area contributed by atoms with E-state index in [-0.39, 0.29) is 17.3 Å². The Morgan fingerprint density at radius 1 is 1.21 bits per heavy atom. The van der Waals surface area contributed by atoms with Gasteiger partial charge in [0.25, 0.3) is 0 Å². The molecule has 0 saturated carbocycles. The van der Waals surface area contributed by atoms with Gasteiger partial charge in [-0.05, 0) is 37.8 Å². The predicted molar refractivity (Wildman–Crippen MR) is 113 cm³/mol. The van der Waals surface area contributed by atoms with Crippen molar-refractivity contribution >= 4 is 23.4 Å². The largest absolute Gasteiger partial charge is 0.348 e. The van der Waals surface area contributed by atoms with Crippen LogP contribution >= 0.6 is 11.8 Å². The second-order valence-corrected chi connectivity index (χ2v) is 8.46. The number of benzene rings is 1. The van der Waals surface area contributed by atoms with E-state index in [2.05, 4.69) is 24.4 Å². The van der Waals surface area contributed by atoms with Crippen molar-refractivity contribution in [3.05, 3.63) is 52.1 Å². The third-order valence-corrected chi connectivity index (χ3v) is 5.92. The summed E-state index contributed by atoms with van der Waals surface area (Å²) in [6.45, 7) is 1.75. The van der Waals surface area contributed by atoms with Crippen molar-refractivity contribution in [2.45, 2.75) is 43.7 Å². The zero-order valence-corrected chi connectivity index (χ0v) is 17.5. The maximum Gasteiger partial charge on any atom is 0.348 e. The zero-order valence-electron chi connectivity index (χ0n) is 16.7. The summed E-state index contributed by atoms with van der Waals surface area (Å²) in [7, 11) is 4.24. The SMILES string of the molecule is C[NH+](C)CCCn1c2c(c(SCC(=O)Nc3ccccc3)nc1=O)CCCC2. The van der Waals surface area contributed by atoms with Crippen molar-refractivity contribution in [1.29, 1.82) is 0 Å². The number of para-hydroxylation sites is 1. The van der Waals surface area contributed by atoms with E-state index >= 15 is 0 Å². The number of thioether (sulfide) groups is 1. The summed E-state index contributed by atoms with van der Waals surface area (Å²) in [6.07, 6.45) is 5.03. The Labute approximate surface area is 170 Å². The smallest absolute Gasteiger partial charge is 0.340 e. The van der Waals surface area contributed by atoms with Crippen molar-refractivity contribution in [3.8, 4) is 0 Å². The van der Waals surface area contributed by atoms with E-state index < -0.39 is 0 Å². The highest BCUT2D eigenvalue weighted by atomic mass is 32.2. The molecule has 0 aliphatic heterocycles. The van der Waals surface area contributed by atoms with Crippen LogP contribution in [0.25, 0.3) is 0 Å². The van der Waals surface area contributed by atoms with Crippen molar-refractivity contribution in [1.82, 2.24) is 9.55 Å². The van der Waals surface area contributed by atoms with Gasteiger partial charge < -0.3 is 10.2 Å². The second kappa shape index (κ2) is 9.89. The molecular formula is C21H29N4O2S+. The maximum absolute atomic E-state index is 12.7. The van der Waals surface area contributed by atoms with Gasteiger partial charge in [0.1, 0.15) is 5.03 Å².